The monoisotopic (exact) mass is 367 g/mol. The second-order valence-electron chi connectivity index (χ2n) is 7.09. The Morgan fingerprint density at radius 1 is 0.889 bits per heavy atom. The molecule has 2 amide bonds. The highest BCUT2D eigenvalue weighted by atomic mass is 19.1. The average Bonchev–Trinajstić information content (AvgIpc) is 3.03. The molecule has 2 aromatic rings. The molecule has 2 aliphatic heterocycles. The number of halogens is 1. The molecule has 4 rings (SSSR count). The van der Waals surface area contributed by atoms with Crippen LogP contribution in [-0.2, 0) is 16.0 Å². The molecular formula is C21H22FN3O2. The van der Waals surface area contributed by atoms with E-state index in [9.17, 15) is 14.0 Å². The Labute approximate surface area is 158 Å². The van der Waals surface area contributed by atoms with Crippen molar-refractivity contribution >= 4 is 23.2 Å². The van der Waals surface area contributed by atoms with Gasteiger partial charge >= 0.3 is 11.8 Å². The summed E-state index contributed by atoms with van der Waals surface area (Å²) in [6, 6.07) is 14.3. The number of carbonyl (C=O) groups is 2. The third-order valence-corrected chi connectivity index (χ3v) is 5.37. The van der Waals surface area contributed by atoms with Crippen LogP contribution in [0.3, 0.4) is 0 Å². The van der Waals surface area contributed by atoms with Crippen molar-refractivity contribution < 1.29 is 14.0 Å². The largest absolute Gasteiger partial charge is 0.366 e. The van der Waals surface area contributed by atoms with Crippen LogP contribution in [0.5, 0.6) is 0 Å². The number of amides is 2. The van der Waals surface area contributed by atoms with E-state index in [-0.39, 0.29) is 11.9 Å². The zero-order valence-electron chi connectivity index (χ0n) is 15.3. The van der Waals surface area contributed by atoms with E-state index in [4.69, 9.17) is 0 Å². The summed E-state index contributed by atoms with van der Waals surface area (Å²) in [5.74, 6) is -1.23. The van der Waals surface area contributed by atoms with Gasteiger partial charge in [-0.25, -0.2) is 4.39 Å². The number of para-hydroxylation sites is 2. The summed E-state index contributed by atoms with van der Waals surface area (Å²) in [5, 5.41) is 0. The molecule has 0 radical (unpaired) electrons. The third kappa shape index (κ3) is 3.16. The van der Waals surface area contributed by atoms with Crippen molar-refractivity contribution in [3.05, 3.63) is 59.9 Å². The van der Waals surface area contributed by atoms with Gasteiger partial charge in [0, 0.05) is 37.9 Å². The number of fused-ring (bicyclic) bond motifs is 1. The number of hydrogen-bond acceptors (Lipinski definition) is 3. The van der Waals surface area contributed by atoms with Gasteiger partial charge in [0.2, 0.25) is 0 Å². The minimum absolute atomic E-state index is 0.0291. The number of hydrogen-bond donors (Lipinski definition) is 0. The van der Waals surface area contributed by atoms with Crippen LogP contribution in [0.25, 0.3) is 0 Å². The summed E-state index contributed by atoms with van der Waals surface area (Å²) >= 11 is 0. The summed E-state index contributed by atoms with van der Waals surface area (Å²) in [4.78, 5) is 30.8. The fraction of sp³-hybridized carbons (Fsp3) is 0.333. The molecule has 0 aliphatic carbocycles. The lowest BCUT2D eigenvalue weighted by atomic mass is 10.1. The molecule has 2 heterocycles. The van der Waals surface area contributed by atoms with Gasteiger partial charge in [0.25, 0.3) is 0 Å². The van der Waals surface area contributed by atoms with Gasteiger partial charge in [-0.15, -0.1) is 0 Å². The molecule has 0 saturated carbocycles. The van der Waals surface area contributed by atoms with Gasteiger partial charge in [-0.2, -0.15) is 0 Å². The summed E-state index contributed by atoms with van der Waals surface area (Å²) in [6.45, 7) is 3.78. The minimum Gasteiger partial charge on any atom is -0.366 e. The number of benzene rings is 2. The van der Waals surface area contributed by atoms with Crippen LogP contribution in [0.15, 0.2) is 48.5 Å². The van der Waals surface area contributed by atoms with Crippen molar-refractivity contribution in [2.75, 3.05) is 36.0 Å². The molecule has 27 heavy (non-hydrogen) atoms. The van der Waals surface area contributed by atoms with E-state index in [0.29, 0.717) is 31.9 Å². The Bertz CT molecular complexity index is 877. The predicted molar refractivity (Wildman–Crippen MR) is 102 cm³/mol. The molecule has 2 aromatic carbocycles. The SMILES string of the molecule is CC1Cc2ccccc2N1C(=O)C(=O)N1CCN(c2ccccc2F)CC1. The smallest absolute Gasteiger partial charge is 0.316 e. The highest BCUT2D eigenvalue weighted by Gasteiger charge is 2.37. The van der Waals surface area contributed by atoms with E-state index in [1.54, 1.807) is 28.0 Å². The van der Waals surface area contributed by atoms with Crippen molar-refractivity contribution in [3.8, 4) is 0 Å². The van der Waals surface area contributed by atoms with Crippen LogP contribution in [-0.4, -0.2) is 48.9 Å². The lowest BCUT2D eigenvalue weighted by Gasteiger charge is -2.36. The van der Waals surface area contributed by atoms with Crippen LogP contribution in [0.2, 0.25) is 0 Å². The molecule has 140 valence electrons. The Morgan fingerprint density at radius 3 is 2.22 bits per heavy atom. The maximum atomic E-state index is 14.0. The van der Waals surface area contributed by atoms with E-state index >= 15 is 0 Å². The van der Waals surface area contributed by atoms with E-state index in [0.717, 1.165) is 17.7 Å². The van der Waals surface area contributed by atoms with Gasteiger partial charge in [0.05, 0.1) is 5.69 Å². The summed E-state index contributed by atoms with van der Waals surface area (Å²) in [5.41, 5.74) is 2.46. The van der Waals surface area contributed by atoms with E-state index in [1.165, 1.54) is 6.07 Å². The Balaban J connectivity index is 1.44. The Morgan fingerprint density at radius 2 is 1.52 bits per heavy atom. The molecule has 0 bridgehead atoms. The number of anilines is 2. The van der Waals surface area contributed by atoms with E-state index in [2.05, 4.69) is 0 Å². The van der Waals surface area contributed by atoms with Gasteiger partial charge in [-0.1, -0.05) is 30.3 Å². The van der Waals surface area contributed by atoms with Crippen molar-refractivity contribution in [2.45, 2.75) is 19.4 Å². The lowest BCUT2D eigenvalue weighted by molar-refractivity contribution is -0.144. The summed E-state index contributed by atoms with van der Waals surface area (Å²) in [7, 11) is 0. The quantitative estimate of drug-likeness (QED) is 0.728. The Hall–Kier alpha value is -2.89. The molecule has 1 saturated heterocycles. The molecule has 0 aromatic heterocycles. The third-order valence-electron chi connectivity index (χ3n) is 5.37. The highest BCUT2D eigenvalue weighted by molar-refractivity contribution is 6.40. The standard InChI is InChI=1S/C21H22FN3O2/c1-15-14-16-6-2-4-8-18(16)25(15)21(27)20(26)24-12-10-23(11-13-24)19-9-5-3-7-17(19)22/h2-9,15H,10-14H2,1H3. The minimum atomic E-state index is -0.480. The maximum absolute atomic E-state index is 14.0. The zero-order valence-corrected chi connectivity index (χ0v) is 15.3. The van der Waals surface area contributed by atoms with E-state index < -0.39 is 11.8 Å². The molecule has 5 nitrogen and oxygen atoms in total. The first-order chi connectivity index (χ1) is 13.1. The molecule has 1 fully saturated rings. The van der Waals surface area contributed by atoms with Crippen molar-refractivity contribution in [3.63, 3.8) is 0 Å². The first-order valence-corrected chi connectivity index (χ1v) is 9.26. The van der Waals surface area contributed by atoms with Gasteiger partial charge in [-0.05, 0) is 37.1 Å². The van der Waals surface area contributed by atoms with Crippen LogP contribution in [0.4, 0.5) is 15.8 Å². The second-order valence-corrected chi connectivity index (χ2v) is 7.09. The molecule has 0 N–H and O–H groups in total. The molecular weight excluding hydrogens is 345 g/mol. The van der Waals surface area contributed by atoms with Gasteiger partial charge in [0.1, 0.15) is 5.82 Å². The Kier molecular flexibility index (Phi) is 4.56. The molecule has 0 spiro atoms. The predicted octanol–water partition coefficient (Wildman–Crippen LogP) is 2.45. The number of nitrogens with zero attached hydrogens (tertiary/aromatic N) is 3. The van der Waals surface area contributed by atoms with Gasteiger partial charge in [-0.3, -0.25) is 9.59 Å². The fourth-order valence-electron chi connectivity index (χ4n) is 3.97. The maximum Gasteiger partial charge on any atom is 0.316 e. The summed E-state index contributed by atoms with van der Waals surface area (Å²) < 4.78 is 14.0. The van der Waals surface area contributed by atoms with Crippen LogP contribution in [0.1, 0.15) is 12.5 Å². The highest BCUT2D eigenvalue weighted by Crippen LogP contribution is 2.32. The average molecular weight is 367 g/mol. The van der Waals surface area contributed by atoms with Crippen molar-refractivity contribution in [2.24, 2.45) is 0 Å². The topological polar surface area (TPSA) is 43.9 Å². The van der Waals surface area contributed by atoms with Crippen LogP contribution >= 0.6 is 0 Å². The van der Waals surface area contributed by atoms with Gasteiger partial charge in [0.15, 0.2) is 0 Å². The van der Waals surface area contributed by atoms with E-state index in [1.807, 2.05) is 36.1 Å². The molecule has 6 heteroatoms. The van der Waals surface area contributed by atoms with Crippen LogP contribution in [0, 0.1) is 5.82 Å². The second kappa shape index (κ2) is 7.02. The normalized spacial score (nSPS) is 19.2. The van der Waals surface area contributed by atoms with Crippen molar-refractivity contribution in [1.82, 2.24) is 4.90 Å². The summed E-state index contributed by atoms with van der Waals surface area (Å²) in [6.07, 6.45) is 0.760. The first-order valence-electron chi connectivity index (χ1n) is 9.26. The number of piperazine rings is 1. The molecule has 2 aliphatic rings. The lowest BCUT2D eigenvalue weighted by Crippen LogP contribution is -2.54. The molecule has 1 unspecified atom stereocenters. The zero-order chi connectivity index (χ0) is 19.0. The molecule has 1 atom stereocenters. The fourth-order valence-corrected chi connectivity index (χ4v) is 3.97. The number of carbonyl (C=O) groups excluding carboxylic acids is 2. The van der Waals surface area contributed by atoms with Crippen molar-refractivity contribution in [1.29, 1.82) is 0 Å². The van der Waals surface area contributed by atoms with Gasteiger partial charge < -0.3 is 14.7 Å². The van der Waals surface area contributed by atoms with Crippen LogP contribution < -0.4 is 9.80 Å². The first kappa shape index (κ1) is 17.5. The number of rotatable bonds is 1.